The fourth-order valence-corrected chi connectivity index (χ4v) is 1.89. The highest BCUT2D eigenvalue weighted by atomic mass is 19.1. The van der Waals surface area contributed by atoms with Crippen LogP contribution in [-0.4, -0.2) is 11.9 Å². The maximum atomic E-state index is 13.9. The first-order chi connectivity index (χ1) is 8.18. The Bertz CT molecular complexity index is 474. The van der Waals surface area contributed by atoms with E-state index < -0.39 is 23.1 Å². The van der Waals surface area contributed by atoms with Gasteiger partial charge in [0, 0.05) is 11.6 Å². The normalized spacial score (nSPS) is 14.6. The number of nitrogens with one attached hydrogen (secondary N) is 1. The fraction of sp³-hybridized carbons (Fsp3) is 0.462. The van der Waals surface area contributed by atoms with Crippen molar-refractivity contribution in [2.24, 2.45) is 5.73 Å². The van der Waals surface area contributed by atoms with Crippen LogP contribution in [0.4, 0.5) is 8.78 Å². The molecule has 0 saturated heterocycles. The summed E-state index contributed by atoms with van der Waals surface area (Å²) in [5.74, 6) is -1.97. The van der Waals surface area contributed by atoms with E-state index in [1.165, 1.54) is 13.8 Å². The van der Waals surface area contributed by atoms with Gasteiger partial charge in [0.05, 0.1) is 0 Å². The summed E-state index contributed by atoms with van der Waals surface area (Å²) in [6.45, 7) is 6.50. The van der Waals surface area contributed by atoms with Crippen molar-refractivity contribution < 1.29 is 13.6 Å². The first kappa shape index (κ1) is 14.6. The smallest absolute Gasteiger partial charge is 0.242 e. The maximum absolute atomic E-state index is 13.9. The van der Waals surface area contributed by atoms with Gasteiger partial charge in [-0.05, 0) is 45.4 Å². The van der Waals surface area contributed by atoms with E-state index in [1.54, 1.807) is 13.8 Å². The van der Waals surface area contributed by atoms with Gasteiger partial charge in [-0.25, -0.2) is 8.78 Å². The quantitative estimate of drug-likeness (QED) is 0.865. The second-order valence-corrected chi connectivity index (χ2v) is 4.87. The molecule has 1 aromatic carbocycles. The van der Waals surface area contributed by atoms with Gasteiger partial charge in [0.25, 0.3) is 0 Å². The molecule has 3 nitrogen and oxygen atoms in total. The summed E-state index contributed by atoms with van der Waals surface area (Å²) in [7, 11) is 0. The van der Waals surface area contributed by atoms with Crippen LogP contribution in [0.3, 0.4) is 0 Å². The monoisotopic (exact) mass is 256 g/mol. The van der Waals surface area contributed by atoms with Crippen molar-refractivity contribution in [3.63, 3.8) is 0 Å². The number of rotatable bonds is 4. The summed E-state index contributed by atoms with van der Waals surface area (Å²) in [6, 6.07) is 1.98. The lowest BCUT2D eigenvalue weighted by Crippen LogP contribution is -2.53. The zero-order chi connectivity index (χ0) is 14.1. The number of primary amides is 1. The fourth-order valence-electron chi connectivity index (χ4n) is 1.89. The minimum absolute atomic E-state index is 0.0770. The van der Waals surface area contributed by atoms with E-state index in [1.807, 2.05) is 0 Å². The van der Waals surface area contributed by atoms with Crippen molar-refractivity contribution in [1.29, 1.82) is 0 Å². The number of carbonyl (C=O) groups is 1. The highest BCUT2D eigenvalue weighted by Gasteiger charge is 2.36. The number of aryl methyl sites for hydroxylation is 1. The zero-order valence-electron chi connectivity index (χ0n) is 11.0. The van der Waals surface area contributed by atoms with Crippen LogP contribution in [0.25, 0.3) is 0 Å². The van der Waals surface area contributed by atoms with Gasteiger partial charge < -0.3 is 5.73 Å². The molecule has 1 amide bonds. The van der Waals surface area contributed by atoms with Gasteiger partial charge in [0.1, 0.15) is 17.2 Å². The van der Waals surface area contributed by atoms with Crippen molar-refractivity contribution in [3.8, 4) is 0 Å². The molecule has 0 aliphatic carbocycles. The molecule has 0 aliphatic heterocycles. The van der Waals surface area contributed by atoms with Crippen LogP contribution in [0.15, 0.2) is 12.1 Å². The predicted octanol–water partition coefficient (Wildman–Crippen LogP) is 1.97. The van der Waals surface area contributed by atoms with E-state index >= 15 is 0 Å². The minimum Gasteiger partial charge on any atom is -0.368 e. The average molecular weight is 256 g/mol. The Labute approximate surface area is 105 Å². The molecule has 1 atom stereocenters. The standard InChI is InChI=1S/C13H18F2N2O/c1-7(2)17-13(4,12(16)18)9-6-10(14)8(3)5-11(9)15/h5-7,17H,1-4H3,(H2,16,18). The van der Waals surface area contributed by atoms with Gasteiger partial charge in [0.15, 0.2) is 0 Å². The lowest BCUT2D eigenvalue weighted by Gasteiger charge is -2.30. The van der Waals surface area contributed by atoms with E-state index in [4.69, 9.17) is 5.73 Å². The Balaban J connectivity index is 3.39. The van der Waals surface area contributed by atoms with E-state index in [0.29, 0.717) is 0 Å². The molecular weight excluding hydrogens is 238 g/mol. The van der Waals surface area contributed by atoms with E-state index in [0.717, 1.165) is 12.1 Å². The lowest BCUT2D eigenvalue weighted by atomic mass is 9.89. The van der Waals surface area contributed by atoms with E-state index in [9.17, 15) is 13.6 Å². The summed E-state index contributed by atoms with van der Waals surface area (Å²) >= 11 is 0. The molecule has 0 aromatic heterocycles. The highest BCUT2D eigenvalue weighted by molar-refractivity contribution is 5.85. The molecule has 5 heteroatoms. The van der Waals surface area contributed by atoms with Crippen LogP contribution in [0.2, 0.25) is 0 Å². The molecule has 1 rings (SSSR count). The third kappa shape index (κ3) is 2.67. The third-order valence-electron chi connectivity index (χ3n) is 2.86. The number of amides is 1. The van der Waals surface area contributed by atoms with Crippen molar-refractivity contribution >= 4 is 5.91 Å². The second kappa shape index (κ2) is 5.02. The van der Waals surface area contributed by atoms with Crippen molar-refractivity contribution in [2.45, 2.75) is 39.3 Å². The van der Waals surface area contributed by atoms with Gasteiger partial charge in [0.2, 0.25) is 5.91 Å². The minimum atomic E-state index is -1.44. The molecule has 0 spiro atoms. The van der Waals surface area contributed by atoms with Crippen LogP contribution in [0.5, 0.6) is 0 Å². The largest absolute Gasteiger partial charge is 0.368 e. The van der Waals surface area contributed by atoms with Crippen molar-refractivity contribution in [3.05, 3.63) is 34.9 Å². The van der Waals surface area contributed by atoms with Crippen molar-refractivity contribution in [2.75, 3.05) is 0 Å². The summed E-state index contributed by atoms with van der Waals surface area (Å²) < 4.78 is 27.5. The molecule has 1 unspecified atom stereocenters. The van der Waals surface area contributed by atoms with Crippen LogP contribution >= 0.6 is 0 Å². The zero-order valence-corrected chi connectivity index (χ0v) is 11.0. The Kier molecular flexibility index (Phi) is 4.06. The predicted molar refractivity (Wildman–Crippen MR) is 65.9 cm³/mol. The lowest BCUT2D eigenvalue weighted by molar-refractivity contribution is -0.124. The van der Waals surface area contributed by atoms with Crippen LogP contribution < -0.4 is 11.1 Å². The van der Waals surface area contributed by atoms with Crippen LogP contribution in [0, 0.1) is 18.6 Å². The molecular formula is C13H18F2N2O. The Hall–Kier alpha value is -1.49. The number of hydrogen-bond donors (Lipinski definition) is 2. The molecule has 3 N–H and O–H groups in total. The number of carbonyl (C=O) groups excluding carboxylic acids is 1. The van der Waals surface area contributed by atoms with Gasteiger partial charge >= 0.3 is 0 Å². The SMILES string of the molecule is Cc1cc(F)c(C(C)(NC(C)C)C(N)=O)cc1F. The summed E-state index contributed by atoms with van der Waals surface area (Å²) in [5, 5.41) is 2.88. The topological polar surface area (TPSA) is 55.1 Å². The average Bonchev–Trinajstić information content (AvgIpc) is 2.21. The first-order valence-electron chi connectivity index (χ1n) is 5.72. The van der Waals surface area contributed by atoms with Crippen molar-refractivity contribution in [1.82, 2.24) is 5.32 Å². The highest BCUT2D eigenvalue weighted by Crippen LogP contribution is 2.26. The van der Waals surface area contributed by atoms with E-state index in [2.05, 4.69) is 5.32 Å². The van der Waals surface area contributed by atoms with Gasteiger partial charge in [-0.1, -0.05) is 0 Å². The maximum Gasteiger partial charge on any atom is 0.242 e. The van der Waals surface area contributed by atoms with Gasteiger partial charge in [-0.15, -0.1) is 0 Å². The molecule has 1 aromatic rings. The molecule has 0 bridgehead atoms. The number of benzene rings is 1. The number of nitrogens with two attached hydrogens (primary N) is 1. The van der Waals surface area contributed by atoms with Crippen LogP contribution in [-0.2, 0) is 10.3 Å². The van der Waals surface area contributed by atoms with Crippen LogP contribution in [0.1, 0.15) is 31.9 Å². The summed E-state index contributed by atoms with van der Waals surface area (Å²) in [6.07, 6.45) is 0. The van der Waals surface area contributed by atoms with E-state index in [-0.39, 0.29) is 17.2 Å². The molecule has 18 heavy (non-hydrogen) atoms. The number of hydrogen-bond acceptors (Lipinski definition) is 2. The third-order valence-corrected chi connectivity index (χ3v) is 2.86. The molecule has 0 aliphatic rings. The Morgan fingerprint density at radius 2 is 1.89 bits per heavy atom. The Morgan fingerprint density at radius 1 is 1.33 bits per heavy atom. The van der Waals surface area contributed by atoms with Gasteiger partial charge in [-0.3, -0.25) is 10.1 Å². The summed E-state index contributed by atoms with van der Waals surface area (Å²) in [5.41, 5.74) is 3.99. The molecule has 100 valence electrons. The molecule has 0 heterocycles. The summed E-state index contributed by atoms with van der Waals surface area (Å²) in [4.78, 5) is 11.6. The number of halogens is 2. The molecule has 0 saturated carbocycles. The Morgan fingerprint density at radius 3 is 2.33 bits per heavy atom. The molecule has 0 radical (unpaired) electrons. The first-order valence-corrected chi connectivity index (χ1v) is 5.72. The van der Waals surface area contributed by atoms with Gasteiger partial charge in [-0.2, -0.15) is 0 Å². The molecule has 0 fully saturated rings. The second-order valence-electron chi connectivity index (χ2n) is 4.87.